The van der Waals surface area contributed by atoms with Gasteiger partial charge in [0.2, 0.25) is 0 Å². The van der Waals surface area contributed by atoms with Crippen LogP contribution in [-0.2, 0) is 16.0 Å². The molecule has 1 aromatic rings. The van der Waals surface area contributed by atoms with Crippen LogP contribution in [-0.4, -0.2) is 17.0 Å². The van der Waals surface area contributed by atoms with Gasteiger partial charge in [-0.25, -0.2) is 0 Å². The Morgan fingerprint density at radius 1 is 1.16 bits per heavy atom. The second-order valence-electron chi connectivity index (χ2n) is 6.62. The second-order valence-corrected chi connectivity index (χ2v) is 6.99. The van der Waals surface area contributed by atoms with Gasteiger partial charge in [0.05, 0.1) is 11.1 Å². The number of fused-ring (bicyclic) bond motifs is 1. The Labute approximate surface area is 153 Å². The van der Waals surface area contributed by atoms with Crippen molar-refractivity contribution in [3.8, 4) is 5.75 Å². The predicted molar refractivity (Wildman–Crippen MR) is 101 cm³/mol. The first-order valence-corrected chi connectivity index (χ1v) is 9.18. The summed E-state index contributed by atoms with van der Waals surface area (Å²) in [5, 5.41) is 10.2. The fraction of sp³-hybridized carbons (Fsp3) is 0.381. The number of aromatic hydroxyl groups is 1. The quantitative estimate of drug-likeness (QED) is 0.635. The molecule has 0 bridgehead atoms. The van der Waals surface area contributed by atoms with Crippen LogP contribution in [0.1, 0.15) is 50.2 Å². The zero-order valence-electron chi connectivity index (χ0n) is 14.4. The molecule has 1 heterocycles. The van der Waals surface area contributed by atoms with Crippen molar-refractivity contribution in [2.75, 3.05) is 0 Å². The van der Waals surface area contributed by atoms with Crippen molar-refractivity contribution in [2.45, 2.75) is 51.6 Å². The highest BCUT2D eigenvalue weighted by Crippen LogP contribution is 2.42. The molecule has 1 aliphatic carbocycles. The van der Waals surface area contributed by atoms with Crippen molar-refractivity contribution in [2.24, 2.45) is 0 Å². The smallest absolute Gasteiger partial charge is 0.159 e. The highest BCUT2D eigenvalue weighted by molar-refractivity contribution is 6.33. The average Bonchev–Trinajstić information content (AvgIpc) is 3.41. The van der Waals surface area contributed by atoms with E-state index in [0.29, 0.717) is 5.56 Å². The number of ketones is 1. The lowest BCUT2D eigenvalue weighted by molar-refractivity contribution is -0.114. The van der Waals surface area contributed by atoms with Crippen molar-refractivity contribution >= 4 is 23.1 Å². The normalized spacial score (nSPS) is 24.1. The number of phenols is 1. The lowest BCUT2D eigenvalue weighted by atomic mass is 9.98. The van der Waals surface area contributed by atoms with Gasteiger partial charge < -0.3 is 9.84 Å². The molecular formula is C21H23ClO3. The molecule has 1 fully saturated rings. The minimum absolute atomic E-state index is 0.00515. The molecule has 0 saturated heterocycles. The third-order valence-electron chi connectivity index (χ3n) is 4.40. The average molecular weight is 359 g/mol. The van der Waals surface area contributed by atoms with Crippen molar-refractivity contribution in [3.63, 3.8) is 0 Å². The van der Waals surface area contributed by atoms with Gasteiger partial charge in [-0.2, -0.15) is 0 Å². The molecule has 3 rings (SSSR count). The van der Waals surface area contributed by atoms with Crippen molar-refractivity contribution in [1.82, 2.24) is 0 Å². The number of carbonyl (C=O) groups excluding carboxylic acids is 1. The Morgan fingerprint density at radius 2 is 1.92 bits per heavy atom. The molecule has 0 radical (unpaired) electrons. The highest BCUT2D eigenvalue weighted by Gasteiger charge is 2.26. The third kappa shape index (κ3) is 4.55. The van der Waals surface area contributed by atoms with Crippen LogP contribution in [0.15, 0.2) is 42.0 Å². The van der Waals surface area contributed by atoms with Crippen LogP contribution in [0, 0.1) is 0 Å². The molecule has 3 nitrogen and oxygen atoms in total. The van der Waals surface area contributed by atoms with Gasteiger partial charge in [0, 0.05) is 18.4 Å². The van der Waals surface area contributed by atoms with Crippen LogP contribution in [0.2, 0.25) is 5.02 Å². The molecule has 2 aliphatic rings. The lowest BCUT2D eigenvalue weighted by Gasteiger charge is -2.20. The fourth-order valence-electron chi connectivity index (χ4n) is 2.92. The molecule has 1 N–H and O–H groups in total. The molecule has 0 unspecified atom stereocenters. The molecule has 1 aliphatic heterocycles. The predicted octanol–water partition coefficient (Wildman–Crippen LogP) is 5.36. The number of benzene rings is 1. The number of phenolic OH excluding ortho intramolecular Hbond substituents is 1. The van der Waals surface area contributed by atoms with Crippen LogP contribution in [0.4, 0.5) is 0 Å². The molecule has 0 amide bonds. The Bertz CT molecular complexity index is 753. The molecule has 1 atom stereocenters. The van der Waals surface area contributed by atoms with E-state index in [-0.39, 0.29) is 29.1 Å². The summed E-state index contributed by atoms with van der Waals surface area (Å²) in [5.41, 5.74) is 2.71. The van der Waals surface area contributed by atoms with E-state index < -0.39 is 0 Å². The van der Waals surface area contributed by atoms with Gasteiger partial charge in [0.1, 0.15) is 11.5 Å². The first kappa shape index (κ1) is 17.8. The summed E-state index contributed by atoms with van der Waals surface area (Å²) in [6.45, 7) is 2.05. The number of carbonyl (C=O) groups is 1. The summed E-state index contributed by atoms with van der Waals surface area (Å²) >= 11 is 6.34. The molecule has 4 heteroatoms. The van der Waals surface area contributed by atoms with Crippen molar-refractivity contribution in [1.29, 1.82) is 0 Å². The summed E-state index contributed by atoms with van der Waals surface area (Å²) in [6.07, 6.45) is 12.5. The SMILES string of the molecule is C[C@@H]1C/C=C/CC/C=C/C(=O)Cc2c(ccc(O)c2Cl)C(=C2CC2)O1. The largest absolute Gasteiger partial charge is 0.506 e. The molecule has 132 valence electrons. The van der Waals surface area contributed by atoms with E-state index >= 15 is 0 Å². The molecular weight excluding hydrogens is 336 g/mol. The molecule has 1 aromatic carbocycles. The number of hydrogen-bond acceptors (Lipinski definition) is 3. The van der Waals surface area contributed by atoms with Crippen LogP contribution >= 0.6 is 11.6 Å². The van der Waals surface area contributed by atoms with Crippen molar-refractivity contribution < 1.29 is 14.6 Å². The van der Waals surface area contributed by atoms with Crippen LogP contribution in [0.25, 0.3) is 5.76 Å². The first-order valence-electron chi connectivity index (χ1n) is 8.80. The summed E-state index contributed by atoms with van der Waals surface area (Å²) in [4.78, 5) is 12.3. The maximum Gasteiger partial charge on any atom is 0.159 e. The zero-order chi connectivity index (χ0) is 17.8. The summed E-state index contributed by atoms with van der Waals surface area (Å²) in [5.74, 6) is 0.795. The summed E-state index contributed by atoms with van der Waals surface area (Å²) < 4.78 is 6.23. The molecule has 1 saturated carbocycles. The zero-order valence-corrected chi connectivity index (χ0v) is 15.2. The number of ether oxygens (including phenoxy) is 1. The first-order chi connectivity index (χ1) is 12.1. The topological polar surface area (TPSA) is 46.5 Å². The monoisotopic (exact) mass is 358 g/mol. The van der Waals surface area contributed by atoms with Gasteiger partial charge in [-0.1, -0.05) is 29.8 Å². The van der Waals surface area contributed by atoms with Gasteiger partial charge in [-0.3, -0.25) is 4.79 Å². The highest BCUT2D eigenvalue weighted by atomic mass is 35.5. The number of hydrogen-bond donors (Lipinski definition) is 1. The Hall–Kier alpha value is -2.00. The van der Waals surface area contributed by atoms with E-state index in [1.165, 1.54) is 5.57 Å². The Balaban J connectivity index is 2.05. The van der Waals surface area contributed by atoms with Gasteiger partial charge in [0.25, 0.3) is 0 Å². The van der Waals surface area contributed by atoms with Gasteiger partial charge in [-0.05, 0) is 62.0 Å². The van der Waals surface area contributed by atoms with E-state index in [1.54, 1.807) is 12.1 Å². The number of allylic oxidation sites excluding steroid dienone is 4. The second kappa shape index (κ2) is 7.92. The van der Waals surface area contributed by atoms with E-state index in [0.717, 1.165) is 43.4 Å². The van der Waals surface area contributed by atoms with Crippen LogP contribution in [0.5, 0.6) is 5.75 Å². The van der Waals surface area contributed by atoms with Gasteiger partial charge >= 0.3 is 0 Å². The minimum Gasteiger partial charge on any atom is -0.506 e. The van der Waals surface area contributed by atoms with Gasteiger partial charge in [0.15, 0.2) is 5.78 Å². The third-order valence-corrected chi connectivity index (χ3v) is 4.82. The van der Waals surface area contributed by atoms with Crippen LogP contribution < -0.4 is 0 Å². The molecule has 0 spiro atoms. The Kier molecular flexibility index (Phi) is 5.64. The Morgan fingerprint density at radius 3 is 2.68 bits per heavy atom. The fourth-order valence-corrected chi connectivity index (χ4v) is 3.15. The summed E-state index contributed by atoms with van der Waals surface area (Å²) in [7, 11) is 0. The number of rotatable bonds is 0. The molecule has 25 heavy (non-hydrogen) atoms. The maximum absolute atomic E-state index is 12.3. The number of halogens is 1. The molecule has 0 aromatic heterocycles. The van der Waals surface area contributed by atoms with Crippen molar-refractivity contribution in [3.05, 3.63) is 58.2 Å². The lowest BCUT2D eigenvalue weighted by Crippen LogP contribution is -2.10. The van der Waals surface area contributed by atoms with Gasteiger partial charge in [-0.15, -0.1) is 0 Å². The van der Waals surface area contributed by atoms with E-state index in [1.807, 2.05) is 19.1 Å². The van der Waals surface area contributed by atoms with Crippen LogP contribution in [0.3, 0.4) is 0 Å². The standard InChI is InChI=1S/C21H23ClO3/c1-14-7-5-3-2-4-6-8-16(23)13-18-17(11-12-19(24)20(18)22)21(25-14)15-9-10-15/h3,5-6,8,11-12,14,24H,2,4,7,9-10,13H2,1H3/b5-3+,8-6+/t14-/m1/s1. The maximum atomic E-state index is 12.3. The van der Waals surface area contributed by atoms with E-state index in [4.69, 9.17) is 16.3 Å². The summed E-state index contributed by atoms with van der Waals surface area (Å²) in [6, 6.07) is 3.38. The van der Waals surface area contributed by atoms with E-state index in [9.17, 15) is 9.90 Å². The minimum atomic E-state index is -0.0250. The van der Waals surface area contributed by atoms with E-state index in [2.05, 4.69) is 12.2 Å².